The molecule has 25 heavy (non-hydrogen) atoms. The Bertz CT molecular complexity index is 493. The number of hydrogen-bond acceptors (Lipinski definition) is 5. The summed E-state index contributed by atoms with van der Waals surface area (Å²) in [6.07, 6.45) is 3.21. The Kier molecular flexibility index (Phi) is 7.19. The molecule has 0 aromatic heterocycles. The number of amides is 4. The molecule has 3 unspecified atom stereocenters. The van der Waals surface area contributed by atoms with Gasteiger partial charge in [-0.1, -0.05) is 26.7 Å². The van der Waals surface area contributed by atoms with E-state index in [1.165, 1.54) is 4.90 Å². The van der Waals surface area contributed by atoms with Crippen LogP contribution >= 0.6 is 0 Å². The van der Waals surface area contributed by atoms with Gasteiger partial charge in [-0.05, 0) is 19.3 Å². The molecule has 2 aliphatic rings. The van der Waals surface area contributed by atoms with Crippen molar-refractivity contribution in [2.24, 2.45) is 11.7 Å². The highest BCUT2D eigenvalue weighted by atomic mass is 16.5. The molecule has 3 N–H and O–H groups in total. The Morgan fingerprint density at radius 2 is 2.04 bits per heavy atom. The van der Waals surface area contributed by atoms with Crippen LogP contribution < -0.4 is 11.1 Å². The largest absolute Gasteiger partial charge is 0.381 e. The third-order valence-corrected chi connectivity index (χ3v) is 4.85. The number of nitrogens with one attached hydrogen (secondary N) is 1. The minimum absolute atomic E-state index is 0.105. The maximum Gasteiger partial charge on any atom is 0.325 e. The molecule has 2 saturated heterocycles. The van der Waals surface area contributed by atoms with Crippen LogP contribution in [0.4, 0.5) is 4.79 Å². The van der Waals surface area contributed by atoms with Gasteiger partial charge in [0.05, 0.1) is 12.5 Å². The molecule has 0 aromatic rings. The molecule has 0 saturated carbocycles. The SMILES string of the molecule is CCCCN1C(=O)NC(=O)C(N(CCCC)C(=O)C2CCOC2)C1N. The van der Waals surface area contributed by atoms with Crippen molar-refractivity contribution in [1.29, 1.82) is 0 Å². The summed E-state index contributed by atoms with van der Waals surface area (Å²) in [4.78, 5) is 40.6. The van der Waals surface area contributed by atoms with Gasteiger partial charge in [0.25, 0.3) is 5.91 Å². The van der Waals surface area contributed by atoms with Crippen LogP contribution in [0.5, 0.6) is 0 Å². The summed E-state index contributed by atoms with van der Waals surface area (Å²) < 4.78 is 5.32. The third kappa shape index (κ3) is 4.49. The van der Waals surface area contributed by atoms with Crippen LogP contribution in [0.25, 0.3) is 0 Å². The standard InChI is InChI=1S/C17H30N4O4/c1-3-5-8-20(16(23)12-7-10-25-11-12)13-14(18)21(9-6-4-2)17(24)19-15(13)22/h12-14H,3-11,18H2,1-2H3,(H,19,22,24). The highest BCUT2D eigenvalue weighted by molar-refractivity contribution is 6.01. The zero-order chi connectivity index (χ0) is 18.4. The summed E-state index contributed by atoms with van der Waals surface area (Å²) in [6, 6.07) is -1.33. The molecule has 142 valence electrons. The number of nitrogens with zero attached hydrogens (tertiary/aromatic N) is 2. The fraction of sp³-hybridized carbons (Fsp3) is 0.824. The van der Waals surface area contributed by atoms with Crippen LogP contribution in [0.1, 0.15) is 46.0 Å². The number of nitrogens with two attached hydrogens (primary N) is 1. The molecule has 2 aliphatic heterocycles. The van der Waals surface area contributed by atoms with Gasteiger partial charge in [0.2, 0.25) is 5.91 Å². The van der Waals surface area contributed by atoms with Gasteiger partial charge in [-0.2, -0.15) is 0 Å². The van der Waals surface area contributed by atoms with Crippen molar-refractivity contribution < 1.29 is 19.1 Å². The molecular weight excluding hydrogens is 324 g/mol. The van der Waals surface area contributed by atoms with Crippen molar-refractivity contribution in [2.45, 2.75) is 58.2 Å². The maximum absolute atomic E-state index is 13.0. The monoisotopic (exact) mass is 354 g/mol. The number of unbranched alkanes of at least 4 members (excludes halogenated alkanes) is 2. The second-order valence-corrected chi connectivity index (χ2v) is 6.72. The Labute approximate surface area is 149 Å². The van der Waals surface area contributed by atoms with Crippen molar-refractivity contribution in [2.75, 3.05) is 26.3 Å². The van der Waals surface area contributed by atoms with Gasteiger partial charge in [-0.15, -0.1) is 0 Å². The second kappa shape index (κ2) is 9.15. The fourth-order valence-corrected chi connectivity index (χ4v) is 3.30. The van der Waals surface area contributed by atoms with E-state index in [-0.39, 0.29) is 11.8 Å². The molecule has 0 aromatic carbocycles. The summed E-state index contributed by atoms with van der Waals surface area (Å²) in [5.74, 6) is -0.835. The topological polar surface area (TPSA) is 105 Å². The first kappa shape index (κ1) is 19.7. The van der Waals surface area contributed by atoms with Crippen molar-refractivity contribution in [1.82, 2.24) is 15.1 Å². The number of carbonyl (C=O) groups is 3. The fourth-order valence-electron chi connectivity index (χ4n) is 3.30. The van der Waals surface area contributed by atoms with Crippen molar-refractivity contribution in [3.63, 3.8) is 0 Å². The van der Waals surface area contributed by atoms with E-state index in [4.69, 9.17) is 10.5 Å². The number of ether oxygens (including phenoxy) is 1. The van der Waals surface area contributed by atoms with E-state index < -0.39 is 24.1 Å². The molecule has 3 atom stereocenters. The predicted molar refractivity (Wildman–Crippen MR) is 92.5 cm³/mol. The van der Waals surface area contributed by atoms with E-state index in [1.54, 1.807) is 4.90 Å². The van der Waals surface area contributed by atoms with E-state index in [1.807, 2.05) is 13.8 Å². The first-order chi connectivity index (χ1) is 12.0. The lowest BCUT2D eigenvalue weighted by atomic mass is 10.0. The summed E-state index contributed by atoms with van der Waals surface area (Å²) in [5.41, 5.74) is 6.27. The van der Waals surface area contributed by atoms with Crippen molar-refractivity contribution in [3.8, 4) is 0 Å². The molecule has 0 spiro atoms. The molecule has 0 aliphatic carbocycles. The first-order valence-corrected chi connectivity index (χ1v) is 9.26. The highest BCUT2D eigenvalue weighted by Crippen LogP contribution is 2.21. The normalized spacial score (nSPS) is 26.7. The van der Waals surface area contributed by atoms with E-state index in [0.717, 1.165) is 25.7 Å². The van der Waals surface area contributed by atoms with Crippen LogP contribution in [-0.4, -0.2) is 66.2 Å². The number of hydrogen-bond donors (Lipinski definition) is 2. The zero-order valence-corrected chi connectivity index (χ0v) is 15.2. The molecule has 4 amide bonds. The number of urea groups is 1. The van der Waals surface area contributed by atoms with Crippen LogP contribution in [0, 0.1) is 5.92 Å². The molecule has 2 heterocycles. The molecule has 0 bridgehead atoms. The Morgan fingerprint density at radius 3 is 2.64 bits per heavy atom. The lowest BCUT2D eigenvalue weighted by Crippen LogP contribution is -2.71. The lowest BCUT2D eigenvalue weighted by Gasteiger charge is -2.43. The second-order valence-electron chi connectivity index (χ2n) is 6.72. The quantitative estimate of drug-likeness (QED) is 0.666. The summed E-state index contributed by atoms with van der Waals surface area (Å²) in [7, 11) is 0. The van der Waals surface area contributed by atoms with Gasteiger partial charge >= 0.3 is 6.03 Å². The minimum Gasteiger partial charge on any atom is -0.381 e. The third-order valence-electron chi connectivity index (χ3n) is 4.85. The van der Waals surface area contributed by atoms with Crippen molar-refractivity contribution >= 4 is 17.8 Å². The molecule has 8 heteroatoms. The number of rotatable bonds is 8. The maximum atomic E-state index is 13.0. The van der Waals surface area contributed by atoms with Crippen LogP contribution in [0.15, 0.2) is 0 Å². The Morgan fingerprint density at radius 1 is 1.32 bits per heavy atom. The van der Waals surface area contributed by atoms with Crippen molar-refractivity contribution in [3.05, 3.63) is 0 Å². The molecular formula is C17H30N4O4. The molecule has 0 radical (unpaired) electrons. The van der Waals surface area contributed by atoms with E-state index >= 15 is 0 Å². The zero-order valence-electron chi connectivity index (χ0n) is 15.2. The van der Waals surface area contributed by atoms with Gasteiger partial charge in [-0.25, -0.2) is 4.79 Å². The first-order valence-electron chi connectivity index (χ1n) is 9.26. The minimum atomic E-state index is -0.853. The average Bonchev–Trinajstić information content (AvgIpc) is 3.11. The molecule has 8 nitrogen and oxygen atoms in total. The van der Waals surface area contributed by atoms with Crippen LogP contribution in [0.2, 0.25) is 0 Å². The Balaban J connectivity index is 2.21. The van der Waals surface area contributed by atoms with Crippen LogP contribution in [-0.2, 0) is 14.3 Å². The van der Waals surface area contributed by atoms with Crippen LogP contribution in [0.3, 0.4) is 0 Å². The van der Waals surface area contributed by atoms with E-state index in [0.29, 0.717) is 32.7 Å². The molecule has 2 rings (SSSR count). The smallest absolute Gasteiger partial charge is 0.325 e. The summed E-state index contributed by atoms with van der Waals surface area (Å²) in [6.45, 7) is 5.90. The van der Waals surface area contributed by atoms with Gasteiger partial charge in [0.1, 0.15) is 12.2 Å². The van der Waals surface area contributed by atoms with Gasteiger partial charge in [-0.3, -0.25) is 14.9 Å². The highest BCUT2D eigenvalue weighted by Gasteiger charge is 2.45. The van der Waals surface area contributed by atoms with E-state index in [9.17, 15) is 14.4 Å². The predicted octanol–water partition coefficient (Wildman–Crippen LogP) is 0.657. The average molecular weight is 354 g/mol. The number of carbonyl (C=O) groups excluding carboxylic acids is 3. The number of imide groups is 1. The summed E-state index contributed by atoms with van der Waals surface area (Å²) >= 11 is 0. The van der Waals surface area contributed by atoms with Gasteiger partial charge < -0.3 is 20.3 Å². The van der Waals surface area contributed by atoms with Gasteiger partial charge in [0.15, 0.2) is 0 Å². The van der Waals surface area contributed by atoms with E-state index in [2.05, 4.69) is 5.32 Å². The summed E-state index contributed by atoms with van der Waals surface area (Å²) in [5, 5.41) is 2.36. The molecule has 2 fully saturated rings. The Hall–Kier alpha value is -1.67. The van der Waals surface area contributed by atoms with Gasteiger partial charge in [0, 0.05) is 19.7 Å². The lowest BCUT2D eigenvalue weighted by molar-refractivity contribution is -0.147.